The lowest BCUT2D eigenvalue weighted by Gasteiger charge is -2.31. The monoisotopic (exact) mass is 258 g/mol. The fourth-order valence-electron chi connectivity index (χ4n) is 3.16. The van der Waals surface area contributed by atoms with Gasteiger partial charge in [-0.05, 0) is 37.3 Å². The van der Waals surface area contributed by atoms with Crippen molar-refractivity contribution in [1.82, 2.24) is 10.2 Å². The number of carbonyl (C=O) groups is 1. The predicted octanol–water partition coefficient (Wildman–Crippen LogP) is 1.93. The molecule has 1 heterocycles. The lowest BCUT2D eigenvalue weighted by atomic mass is 9.77. The van der Waals surface area contributed by atoms with Crippen LogP contribution in [0.25, 0.3) is 0 Å². The van der Waals surface area contributed by atoms with Gasteiger partial charge >= 0.3 is 0 Å². The Bertz CT molecular complexity index is 466. The van der Waals surface area contributed by atoms with E-state index in [1.165, 1.54) is 11.1 Å². The second kappa shape index (κ2) is 5.33. The first-order chi connectivity index (χ1) is 9.25. The number of amides is 1. The first-order valence-electron chi connectivity index (χ1n) is 7.35. The molecule has 1 aliphatic heterocycles. The third-order valence-corrected chi connectivity index (χ3v) is 4.42. The Morgan fingerprint density at radius 1 is 1.37 bits per heavy atom. The molecule has 0 spiro atoms. The summed E-state index contributed by atoms with van der Waals surface area (Å²) in [6.07, 6.45) is 3.47. The smallest absolute Gasteiger partial charge is 0.239 e. The van der Waals surface area contributed by atoms with E-state index < -0.39 is 0 Å². The van der Waals surface area contributed by atoms with E-state index in [2.05, 4.69) is 29.6 Å². The van der Waals surface area contributed by atoms with Crippen LogP contribution < -0.4 is 5.32 Å². The van der Waals surface area contributed by atoms with Gasteiger partial charge in [0.25, 0.3) is 0 Å². The number of hydrogen-bond acceptors (Lipinski definition) is 2. The zero-order valence-corrected chi connectivity index (χ0v) is 11.6. The molecule has 1 fully saturated rings. The summed E-state index contributed by atoms with van der Waals surface area (Å²) in [4.78, 5) is 14.2. The summed E-state index contributed by atoms with van der Waals surface area (Å²) in [5.41, 5.74) is 2.92. The summed E-state index contributed by atoms with van der Waals surface area (Å²) < 4.78 is 0. The maximum absolute atomic E-state index is 12.2. The van der Waals surface area contributed by atoms with E-state index in [1.54, 1.807) is 0 Å². The number of benzene rings is 1. The first kappa shape index (κ1) is 12.7. The highest BCUT2D eigenvalue weighted by Crippen LogP contribution is 2.34. The molecule has 1 saturated heterocycles. The lowest BCUT2D eigenvalue weighted by Crippen LogP contribution is -2.45. The van der Waals surface area contributed by atoms with Crippen molar-refractivity contribution >= 4 is 5.91 Å². The Hall–Kier alpha value is -1.35. The highest BCUT2D eigenvalue weighted by atomic mass is 16.2. The van der Waals surface area contributed by atoms with Crippen LogP contribution in [0.15, 0.2) is 24.3 Å². The minimum Gasteiger partial charge on any atom is -0.341 e. The van der Waals surface area contributed by atoms with Crippen molar-refractivity contribution in [2.75, 3.05) is 19.6 Å². The van der Waals surface area contributed by atoms with Crippen LogP contribution in [-0.2, 0) is 11.2 Å². The Labute approximate surface area is 115 Å². The van der Waals surface area contributed by atoms with Crippen molar-refractivity contribution < 1.29 is 4.79 Å². The Morgan fingerprint density at radius 2 is 2.11 bits per heavy atom. The number of rotatable bonds is 4. The van der Waals surface area contributed by atoms with Gasteiger partial charge in [-0.25, -0.2) is 0 Å². The van der Waals surface area contributed by atoms with Crippen molar-refractivity contribution in [2.24, 2.45) is 0 Å². The van der Waals surface area contributed by atoms with Gasteiger partial charge in [-0.3, -0.25) is 4.79 Å². The van der Waals surface area contributed by atoms with E-state index in [0.717, 1.165) is 38.9 Å². The highest BCUT2D eigenvalue weighted by Gasteiger charge is 2.27. The summed E-state index contributed by atoms with van der Waals surface area (Å²) in [5, 5.41) is 3.41. The van der Waals surface area contributed by atoms with Crippen LogP contribution in [0.5, 0.6) is 0 Å². The standard InChI is InChI=1S/C16H22N2O/c1-12(16(19)18-8-4-5-9-18)17-11-14-10-13-6-2-3-7-15(13)14/h2-3,6-7,12,14,17H,4-5,8-11H2,1H3. The molecule has 3 nitrogen and oxygen atoms in total. The molecule has 102 valence electrons. The van der Waals surface area contributed by atoms with Gasteiger partial charge in [-0.2, -0.15) is 0 Å². The molecule has 3 heteroatoms. The molecule has 0 bridgehead atoms. The van der Waals surface area contributed by atoms with Crippen LogP contribution in [0.3, 0.4) is 0 Å². The van der Waals surface area contributed by atoms with Gasteiger partial charge in [-0.1, -0.05) is 24.3 Å². The van der Waals surface area contributed by atoms with Crippen LogP contribution in [0.1, 0.15) is 36.8 Å². The predicted molar refractivity (Wildman–Crippen MR) is 76.2 cm³/mol. The highest BCUT2D eigenvalue weighted by molar-refractivity contribution is 5.81. The summed E-state index contributed by atoms with van der Waals surface area (Å²) in [7, 11) is 0. The van der Waals surface area contributed by atoms with E-state index in [0.29, 0.717) is 5.92 Å². The summed E-state index contributed by atoms with van der Waals surface area (Å²) in [5.74, 6) is 0.857. The molecule has 0 aromatic heterocycles. The van der Waals surface area contributed by atoms with Gasteiger partial charge in [0.2, 0.25) is 5.91 Å². The molecule has 2 aliphatic rings. The topological polar surface area (TPSA) is 32.3 Å². The van der Waals surface area contributed by atoms with E-state index in [9.17, 15) is 4.79 Å². The zero-order chi connectivity index (χ0) is 13.2. The fourth-order valence-corrected chi connectivity index (χ4v) is 3.16. The van der Waals surface area contributed by atoms with E-state index >= 15 is 0 Å². The maximum atomic E-state index is 12.2. The molecular formula is C16H22N2O. The van der Waals surface area contributed by atoms with Crippen molar-refractivity contribution in [3.05, 3.63) is 35.4 Å². The average Bonchev–Trinajstić information content (AvgIpc) is 2.92. The molecule has 1 amide bonds. The average molecular weight is 258 g/mol. The van der Waals surface area contributed by atoms with E-state index in [-0.39, 0.29) is 11.9 Å². The molecule has 0 saturated carbocycles. The number of nitrogens with zero attached hydrogens (tertiary/aromatic N) is 1. The maximum Gasteiger partial charge on any atom is 0.239 e. The second-order valence-corrected chi connectivity index (χ2v) is 5.76. The van der Waals surface area contributed by atoms with Crippen molar-refractivity contribution in [3.8, 4) is 0 Å². The molecule has 3 rings (SSSR count). The largest absolute Gasteiger partial charge is 0.341 e. The molecule has 1 aromatic rings. The first-order valence-corrected chi connectivity index (χ1v) is 7.35. The van der Waals surface area contributed by atoms with E-state index in [1.807, 2.05) is 11.8 Å². The minimum absolute atomic E-state index is 0.0501. The molecule has 1 aromatic carbocycles. The summed E-state index contributed by atoms with van der Waals surface area (Å²) in [6, 6.07) is 8.56. The molecular weight excluding hydrogens is 236 g/mol. The molecule has 2 unspecified atom stereocenters. The summed E-state index contributed by atoms with van der Waals surface area (Å²) >= 11 is 0. The second-order valence-electron chi connectivity index (χ2n) is 5.76. The van der Waals surface area contributed by atoms with Crippen LogP contribution in [0, 0.1) is 0 Å². The van der Waals surface area contributed by atoms with Crippen LogP contribution in [0.4, 0.5) is 0 Å². The minimum atomic E-state index is -0.0501. The van der Waals surface area contributed by atoms with Gasteiger partial charge < -0.3 is 10.2 Å². The van der Waals surface area contributed by atoms with Crippen molar-refractivity contribution in [3.63, 3.8) is 0 Å². The number of likely N-dealkylation sites (tertiary alicyclic amines) is 1. The van der Waals surface area contributed by atoms with Crippen molar-refractivity contribution in [2.45, 2.75) is 38.1 Å². The number of carbonyl (C=O) groups excluding carboxylic acids is 1. The molecule has 0 radical (unpaired) electrons. The fraction of sp³-hybridized carbons (Fsp3) is 0.562. The third-order valence-electron chi connectivity index (χ3n) is 4.42. The van der Waals surface area contributed by atoms with Gasteiger partial charge in [0.15, 0.2) is 0 Å². The Morgan fingerprint density at radius 3 is 2.84 bits per heavy atom. The van der Waals surface area contributed by atoms with Gasteiger partial charge in [0.05, 0.1) is 6.04 Å². The summed E-state index contributed by atoms with van der Waals surface area (Å²) in [6.45, 7) is 4.79. The van der Waals surface area contributed by atoms with Gasteiger partial charge in [-0.15, -0.1) is 0 Å². The normalized spacial score (nSPS) is 22.8. The molecule has 1 aliphatic carbocycles. The molecule has 19 heavy (non-hydrogen) atoms. The SMILES string of the molecule is CC(NCC1Cc2ccccc21)C(=O)N1CCCC1. The van der Waals surface area contributed by atoms with Crippen molar-refractivity contribution in [1.29, 1.82) is 0 Å². The molecule has 2 atom stereocenters. The number of fused-ring (bicyclic) bond motifs is 1. The van der Waals surface area contributed by atoms with Crippen LogP contribution in [0.2, 0.25) is 0 Å². The number of nitrogens with one attached hydrogen (secondary N) is 1. The zero-order valence-electron chi connectivity index (χ0n) is 11.6. The Kier molecular flexibility index (Phi) is 3.56. The van der Waals surface area contributed by atoms with Gasteiger partial charge in [0, 0.05) is 25.6 Å². The third kappa shape index (κ3) is 2.52. The van der Waals surface area contributed by atoms with Crippen LogP contribution >= 0.6 is 0 Å². The van der Waals surface area contributed by atoms with Crippen LogP contribution in [-0.4, -0.2) is 36.5 Å². The lowest BCUT2D eigenvalue weighted by molar-refractivity contribution is -0.131. The quantitative estimate of drug-likeness (QED) is 0.895. The number of hydrogen-bond donors (Lipinski definition) is 1. The van der Waals surface area contributed by atoms with Gasteiger partial charge in [0.1, 0.15) is 0 Å². The van der Waals surface area contributed by atoms with E-state index in [4.69, 9.17) is 0 Å². The molecule has 1 N–H and O–H groups in total. The Balaban J connectivity index is 1.49.